The summed E-state index contributed by atoms with van der Waals surface area (Å²) in [5.41, 5.74) is 0.892. The van der Waals surface area contributed by atoms with Gasteiger partial charge in [-0.05, 0) is 51.0 Å². The fraction of sp³-hybridized carbons (Fsp3) is 0.346. The van der Waals surface area contributed by atoms with Crippen LogP contribution in [0.2, 0.25) is 5.02 Å². The Balaban J connectivity index is 1.32. The number of carbonyl (C=O) groups excluding carboxylic acids is 4. The molecule has 2 aliphatic heterocycles. The van der Waals surface area contributed by atoms with Gasteiger partial charge in [-0.3, -0.25) is 19.7 Å². The molecule has 1 aromatic heterocycles. The van der Waals surface area contributed by atoms with Crippen molar-refractivity contribution in [3.8, 4) is 5.75 Å². The molecule has 1 saturated heterocycles. The monoisotopic (exact) mass is 573 g/mol. The minimum absolute atomic E-state index is 0.00620. The summed E-state index contributed by atoms with van der Waals surface area (Å²) in [5, 5.41) is 8.30. The number of methoxy groups -OCH3 is 1. The topological polar surface area (TPSA) is 130 Å². The molecule has 13 heteroatoms. The number of carbonyl (C=O) groups is 4. The third kappa shape index (κ3) is 4.67. The Labute approximate surface area is 231 Å². The predicted molar refractivity (Wildman–Crippen MR) is 144 cm³/mol. The quantitative estimate of drug-likeness (QED) is 0.386. The summed E-state index contributed by atoms with van der Waals surface area (Å²) in [6, 6.07) is 4.74. The van der Waals surface area contributed by atoms with Gasteiger partial charge in [0.05, 0.1) is 23.4 Å². The van der Waals surface area contributed by atoms with Crippen LogP contribution in [0.25, 0.3) is 10.2 Å². The second kappa shape index (κ2) is 9.76. The molecule has 0 aliphatic carbocycles. The summed E-state index contributed by atoms with van der Waals surface area (Å²) >= 11 is 7.41. The molecule has 5 amide bonds. The maximum atomic E-state index is 14.4. The molecule has 3 aromatic rings. The Morgan fingerprint density at radius 3 is 2.72 bits per heavy atom. The lowest BCUT2D eigenvalue weighted by atomic mass is 10.0. The molecule has 0 radical (unpaired) electrons. The van der Waals surface area contributed by atoms with Gasteiger partial charge >= 0.3 is 6.03 Å². The van der Waals surface area contributed by atoms with Crippen LogP contribution in [-0.2, 0) is 15.1 Å². The summed E-state index contributed by atoms with van der Waals surface area (Å²) < 4.78 is 20.0. The number of halogens is 2. The van der Waals surface area contributed by atoms with Crippen LogP contribution in [0.5, 0.6) is 5.75 Å². The van der Waals surface area contributed by atoms with Crippen molar-refractivity contribution in [2.45, 2.75) is 51.2 Å². The number of piperidine rings is 1. The molecular weight excluding hydrogens is 549 g/mol. The van der Waals surface area contributed by atoms with Crippen LogP contribution in [0.1, 0.15) is 60.6 Å². The first-order valence-electron chi connectivity index (χ1n) is 12.1. The van der Waals surface area contributed by atoms with Crippen molar-refractivity contribution in [2.24, 2.45) is 0 Å². The van der Waals surface area contributed by atoms with Gasteiger partial charge in [-0.15, -0.1) is 11.3 Å². The van der Waals surface area contributed by atoms with E-state index in [9.17, 15) is 23.6 Å². The largest absolute Gasteiger partial charge is 0.494 e. The summed E-state index contributed by atoms with van der Waals surface area (Å²) in [6.45, 7) is 5.32. The van der Waals surface area contributed by atoms with E-state index in [0.717, 1.165) is 0 Å². The number of anilines is 1. The highest BCUT2D eigenvalue weighted by Crippen LogP contribution is 2.40. The third-order valence-electron chi connectivity index (χ3n) is 6.90. The van der Waals surface area contributed by atoms with E-state index in [1.165, 1.54) is 29.4 Å². The number of aromatic nitrogens is 1. The Morgan fingerprint density at radius 1 is 1.28 bits per heavy atom. The van der Waals surface area contributed by atoms with Crippen molar-refractivity contribution in [3.63, 3.8) is 0 Å². The molecule has 2 aromatic carbocycles. The first-order chi connectivity index (χ1) is 18.4. The van der Waals surface area contributed by atoms with Gasteiger partial charge in [-0.1, -0.05) is 11.6 Å². The minimum Gasteiger partial charge on any atom is -0.494 e. The van der Waals surface area contributed by atoms with E-state index in [2.05, 4.69) is 20.9 Å². The van der Waals surface area contributed by atoms with E-state index in [1.54, 1.807) is 39.0 Å². The number of benzene rings is 2. The number of nitrogens with one attached hydrogen (secondary N) is 3. The Kier molecular flexibility index (Phi) is 6.71. The van der Waals surface area contributed by atoms with Crippen LogP contribution in [-0.4, -0.2) is 46.8 Å². The first-order valence-corrected chi connectivity index (χ1v) is 13.3. The third-order valence-corrected chi connectivity index (χ3v) is 8.57. The molecule has 0 bridgehead atoms. The number of urea groups is 1. The van der Waals surface area contributed by atoms with Gasteiger partial charge in [-0.25, -0.2) is 14.2 Å². The lowest BCUT2D eigenvalue weighted by molar-refractivity contribution is -0.137. The average Bonchev–Trinajstić information content (AvgIpc) is 3.41. The molecule has 0 saturated carbocycles. The Hall–Kier alpha value is -3.77. The number of hydrogen-bond acceptors (Lipinski definition) is 7. The summed E-state index contributed by atoms with van der Waals surface area (Å²) in [7, 11) is 1.35. The predicted octanol–water partition coefficient (Wildman–Crippen LogP) is 4.48. The van der Waals surface area contributed by atoms with Crippen molar-refractivity contribution in [3.05, 3.63) is 51.2 Å². The van der Waals surface area contributed by atoms with E-state index in [4.69, 9.17) is 16.3 Å². The fourth-order valence-electron chi connectivity index (χ4n) is 4.90. The Bertz CT molecular complexity index is 1560. The van der Waals surface area contributed by atoms with E-state index < -0.39 is 35.4 Å². The lowest BCUT2D eigenvalue weighted by Gasteiger charge is -2.32. The summed E-state index contributed by atoms with van der Waals surface area (Å²) in [5.74, 6) is -1.84. The number of rotatable bonds is 5. The normalized spacial score (nSPS) is 19.2. The van der Waals surface area contributed by atoms with E-state index >= 15 is 0 Å². The van der Waals surface area contributed by atoms with Crippen LogP contribution >= 0.6 is 22.9 Å². The highest BCUT2D eigenvalue weighted by atomic mass is 35.5. The molecule has 3 heterocycles. The second-order valence-electron chi connectivity index (χ2n) is 9.93. The van der Waals surface area contributed by atoms with Crippen LogP contribution in [0.3, 0.4) is 0 Å². The summed E-state index contributed by atoms with van der Waals surface area (Å²) in [4.78, 5) is 55.9. The average molecular weight is 574 g/mol. The maximum Gasteiger partial charge on any atom is 0.319 e. The van der Waals surface area contributed by atoms with E-state index in [1.807, 2.05) is 0 Å². The minimum atomic E-state index is -0.941. The van der Waals surface area contributed by atoms with Gasteiger partial charge in [0.2, 0.25) is 11.8 Å². The van der Waals surface area contributed by atoms with Gasteiger partial charge in [0, 0.05) is 23.7 Å². The standard InChI is InChI=1S/C26H25ClFN5O5S/c1-11-14-9-12(5-6-13(14)23(36)33(11)15-7-8-18(34)30-22(15)35)29-25(37)32-26(2,3)24-31-21-17(39-24)10-16(38-4)20(28)19(21)27/h5-6,9-11,15H,7-8H2,1-4H3,(H2,29,32,37)(H,30,34,35)/t11-,15-/m1/s1. The van der Waals surface area contributed by atoms with Crippen molar-refractivity contribution in [1.82, 2.24) is 20.5 Å². The zero-order valence-corrected chi connectivity index (χ0v) is 23.1. The van der Waals surface area contributed by atoms with E-state index in [0.29, 0.717) is 26.5 Å². The van der Waals surface area contributed by atoms with E-state index in [-0.39, 0.29) is 40.9 Å². The van der Waals surface area contributed by atoms with Gasteiger partial charge < -0.3 is 20.3 Å². The highest BCUT2D eigenvalue weighted by Gasteiger charge is 2.43. The van der Waals surface area contributed by atoms with Crippen molar-refractivity contribution < 1.29 is 28.3 Å². The molecule has 0 spiro atoms. The fourth-order valence-corrected chi connectivity index (χ4v) is 6.26. The maximum absolute atomic E-state index is 14.4. The smallest absolute Gasteiger partial charge is 0.319 e. The zero-order chi connectivity index (χ0) is 28.2. The molecule has 10 nitrogen and oxygen atoms in total. The molecule has 1 fully saturated rings. The molecule has 2 aliphatic rings. The number of amides is 5. The van der Waals surface area contributed by atoms with Crippen molar-refractivity contribution >= 4 is 62.6 Å². The lowest BCUT2D eigenvalue weighted by Crippen LogP contribution is -2.53. The molecule has 3 N–H and O–H groups in total. The van der Waals surface area contributed by atoms with Gasteiger partial charge in [0.15, 0.2) is 11.6 Å². The molecule has 204 valence electrons. The summed E-state index contributed by atoms with van der Waals surface area (Å²) in [6.07, 6.45) is 0.420. The molecule has 5 rings (SSSR count). The SMILES string of the molecule is COc1cc2sc(C(C)(C)NC(=O)Nc3ccc4c(c3)[C@@H](C)N([C@@H]3CCC(=O)NC3=O)C4=O)nc2c(Cl)c1F. The highest BCUT2D eigenvalue weighted by molar-refractivity contribution is 7.18. The zero-order valence-electron chi connectivity index (χ0n) is 21.5. The molecule has 2 atom stereocenters. The van der Waals surface area contributed by atoms with Crippen molar-refractivity contribution in [2.75, 3.05) is 12.4 Å². The van der Waals surface area contributed by atoms with Crippen LogP contribution in [0.4, 0.5) is 14.9 Å². The molecule has 39 heavy (non-hydrogen) atoms. The number of imide groups is 1. The van der Waals surface area contributed by atoms with Crippen molar-refractivity contribution in [1.29, 1.82) is 0 Å². The second-order valence-corrected chi connectivity index (χ2v) is 11.3. The number of thiazole rings is 1. The van der Waals surface area contributed by atoms with Crippen LogP contribution in [0.15, 0.2) is 24.3 Å². The number of ether oxygens (including phenoxy) is 1. The van der Waals surface area contributed by atoms with Crippen LogP contribution in [0, 0.1) is 5.82 Å². The van der Waals surface area contributed by atoms with Crippen LogP contribution < -0.4 is 20.7 Å². The Morgan fingerprint density at radius 2 is 2.03 bits per heavy atom. The van der Waals surface area contributed by atoms with Gasteiger partial charge in [0.25, 0.3) is 5.91 Å². The van der Waals surface area contributed by atoms with Gasteiger partial charge in [-0.2, -0.15) is 0 Å². The number of nitrogens with zero attached hydrogens (tertiary/aromatic N) is 2. The molecule has 0 unspecified atom stereocenters. The number of fused-ring (bicyclic) bond motifs is 2. The van der Waals surface area contributed by atoms with Gasteiger partial charge in [0.1, 0.15) is 21.6 Å². The first kappa shape index (κ1) is 26.8. The number of hydrogen-bond donors (Lipinski definition) is 3. The molecular formula is C26H25ClFN5O5S.